The fourth-order valence-corrected chi connectivity index (χ4v) is 3.10. The van der Waals surface area contributed by atoms with Gasteiger partial charge in [-0.3, -0.25) is 4.90 Å². The third kappa shape index (κ3) is 5.02. The molecule has 2 N–H and O–H groups in total. The molecule has 1 aliphatic rings. The summed E-state index contributed by atoms with van der Waals surface area (Å²) in [6, 6.07) is 3.66. The maximum atomic E-state index is 10.3. The van der Waals surface area contributed by atoms with Crippen LogP contribution in [0.15, 0.2) is 29.3 Å². The molecule has 3 nitrogen and oxygen atoms in total. The predicted octanol–water partition coefficient (Wildman–Crippen LogP) is 4.17. The van der Waals surface area contributed by atoms with Gasteiger partial charge in [-0.2, -0.15) is 0 Å². The van der Waals surface area contributed by atoms with Crippen molar-refractivity contribution < 1.29 is 5.11 Å². The Labute approximate surface area is 151 Å². The van der Waals surface area contributed by atoms with Gasteiger partial charge in [0.05, 0.1) is 4.47 Å². The monoisotopic (exact) mass is 416 g/mol. The quantitative estimate of drug-likeness (QED) is 0.721. The fourth-order valence-electron chi connectivity index (χ4n) is 2.47. The van der Waals surface area contributed by atoms with Crippen LogP contribution in [0, 0.1) is 0 Å². The van der Waals surface area contributed by atoms with E-state index in [1.807, 2.05) is 12.1 Å². The Bertz CT molecular complexity index is 468. The first-order chi connectivity index (χ1) is 9.15. The molecule has 1 heterocycles. The van der Waals surface area contributed by atoms with Gasteiger partial charge in [0, 0.05) is 42.8 Å². The molecule has 1 atom stereocenters. The van der Waals surface area contributed by atoms with Crippen LogP contribution in [0.1, 0.15) is 18.0 Å². The van der Waals surface area contributed by atoms with Crippen LogP contribution in [0.2, 0.25) is 5.02 Å². The van der Waals surface area contributed by atoms with Crippen molar-refractivity contribution in [1.82, 2.24) is 10.2 Å². The van der Waals surface area contributed by atoms with E-state index in [-0.39, 0.29) is 36.6 Å². The molecule has 1 aliphatic heterocycles. The minimum Gasteiger partial charge on any atom is -0.506 e. The molecule has 7 heteroatoms. The first kappa shape index (κ1) is 21.0. The van der Waals surface area contributed by atoms with Crippen LogP contribution in [0.5, 0.6) is 5.75 Å². The number of benzene rings is 1. The van der Waals surface area contributed by atoms with Crippen molar-refractivity contribution in [3.8, 4) is 5.75 Å². The number of halogens is 4. The van der Waals surface area contributed by atoms with Gasteiger partial charge in [0.2, 0.25) is 0 Å². The Morgan fingerprint density at radius 2 is 2.00 bits per heavy atom. The highest BCUT2D eigenvalue weighted by atomic mass is 79.9. The summed E-state index contributed by atoms with van der Waals surface area (Å²) in [6.07, 6.45) is 2.65. The molecule has 1 fully saturated rings. The van der Waals surface area contributed by atoms with Crippen LogP contribution in [0.3, 0.4) is 0 Å². The maximum Gasteiger partial charge on any atom is 0.136 e. The topological polar surface area (TPSA) is 35.5 Å². The molecule has 21 heavy (non-hydrogen) atoms. The van der Waals surface area contributed by atoms with E-state index in [0.717, 1.165) is 38.2 Å². The van der Waals surface area contributed by atoms with Crippen LogP contribution in [0.4, 0.5) is 0 Å². The Kier molecular flexibility index (Phi) is 9.94. The van der Waals surface area contributed by atoms with Gasteiger partial charge in [0.25, 0.3) is 0 Å². The Balaban J connectivity index is 0.00000200. The minimum absolute atomic E-state index is 0. The molecule has 0 spiro atoms. The number of nitrogens with zero attached hydrogens (tertiary/aromatic N) is 1. The van der Waals surface area contributed by atoms with Gasteiger partial charge in [-0.15, -0.1) is 31.4 Å². The van der Waals surface area contributed by atoms with Crippen molar-refractivity contribution >= 4 is 52.3 Å². The molecule has 2 rings (SSSR count). The summed E-state index contributed by atoms with van der Waals surface area (Å²) in [4.78, 5) is 2.34. The molecule has 0 saturated carbocycles. The number of phenolic OH excluding ortho intramolecular Hbond substituents is 1. The Hall–Kier alpha value is 0.0300. The van der Waals surface area contributed by atoms with E-state index in [4.69, 9.17) is 11.6 Å². The molecule has 120 valence electrons. The lowest BCUT2D eigenvalue weighted by Crippen LogP contribution is -2.45. The second kappa shape index (κ2) is 9.93. The summed E-state index contributed by atoms with van der Waals surface area (Å²) in [6.45, 7) is 7.63. The molecule has 1 aromatic rings. The molecule has 0 amide bonds. The van der Waals surface area contributed by atoms with Gasteiger partial charge in [0.15, 0.2) is 0 Å². The molecule has 0 unspecified atom stereocenters. The van der Waals surface area contributed by atoms with E-state index in [0.29, 0.717) is 9.50 Å². The third-order valence-corrected chi connectivity index (χ3v) is 4.40. The highest BCUT2D eigenvalue weighted by Crippen LogP contribution is 2.41. The lowest BCUT2D eigenvalue weighted by atomic mass is 10.00. The van der Waals surface area contributed by atoms with Crippen LogP contribution >= 0.6 is 52.3 Å². The van der Waals surface area contributed by atoms with Crippen LogP contribution < -0.4 is 5.32 Å². The maximum absolute atomic E-state index is 10.3. The van der Waals surface area contributed by atoms with Crippen LogP contribution in [-0.2, 0) is 0 Å². The highest BCUT2D eigenvalue weighted by Gasteiger charge is 2.26. The third-order valence-electron chi connectivity index (χ3n) is 3.43. The number of rotatable bonds is 4. The van der Waals surface area contributed by atoms with Crippen molar-refractivity contribution in [2.24, 2.45) is 0 Å². The SMILES string of the molecule is C=CC[C@@H](c1c(Cl)ccc(Br)c1O)N1CCNCC1.Cl.Cl. The number of hydrogen-bond donors (Lipinski definition) is 2. The second-order valence-corrected chi connectivity index (χ2v) is 5.88. The number of hydrogen-bond acceptors (Lipinski definition) is 3. The normalized spacial score (nSPS) is 16.5. The van der Waals surface area contributed by atoms with Gasteiger partial charge in [0.1, 0.15) is 5.75 Å². The minimum atomic E-state index is 0. The van der Waals surface area contributed by atoms with Crippen molar-refractivity contribution in [1.29, 1.82) is 0 Å². The van der Waals surface area contributed by atoms with Gasteiger partial charge in [-0.25, -0.2) is 0 Å². The van der Waals surface area contributed by atoms with E-state index >= 15 is 0 Å². The average Bonchev–Trinajstić information content (AvgIpc) is 2.43. The summed E-state index contributed by atoms with van der Waals surface area (Å²) in [5, 5.41) is 14.2. The lowest BCUT2D eigenvalue weighted by Gasteiger charge is -2.35. The lowest BCUT2D eigenvalue weighted by molar-refractivity contribution is 0.172. The summed E-state index contributed by atoms with van der Waals surface area (Å²) >= 11 is 9.65. The van der Waals surface area contributed by atoms with Gasteiger partial charge in [-0.1, -0.05) is 17.7 Å². The van der Waals surface area contributed by atoms with Crippen molar-refractivity contribution in [3.05, 3.63) is 39.8 Å². The molecular weight excluding hydrogens is 398 g/mol. The van der Waals surface area contributed by atoms with E-state index in [1.165, 1.54) is 0 Å². The Morgan fingerprint density at radius 1 is 1.38 bits per heavy atom. The zero-order chi connectivity index (χ0) is 13.8. The highest BCUT2D eigenvalue weighted by molar-refractivity contribution is 9.10. The average molecular weight is 419 g/mol. The van der Waals surface area contributed by atoms with Gasteiger partial charge >= 0.3 is 0 Å². The summed E-state index contributed by atoms with van der Waals surface area (Å²) < 4.78 is 0.677. The van der Waals surface area contributed by atoms with Crippen molar-refractivity contribution in [3.63, 3.8) is 0 Å². The van der Waals surface area contributed by atoms with Crippen LogP contribution in [0.25, 0.3) is 0 Å². The van der Waals surface area contributed by atoms with E-state index in [1.54, 1.807) is 6.07 Å². The number of aromatic hydroxyl groups is 1. The largest absolute Gasteiger partial charge is 0.506 e. The second-order valence-electron chi connectivity index (χ2n) is 4.62. The van der Waals surface area contributed by atoms with E-state index in [2.05, 4.69) is 32.7 Å². The van der Waals surface area contributed by atoms with Crippen molar-refractivity contribution in [2.45, 2.75) is 12.5 Å². The zero-order valence-corrected chi connectivity index (χ0v) is 15.5. The fraction of sp³-hybridized carbons (Fsp3) is 0.429. The summed E-state index contributed by atoms with van der Waals surface area (Å²) in [7, 11) is 0. The summed E-state index contributed by atoms with van der Waals surface area (Å²) in [5.41, 5.74) is 0.790. The van der Waals surface area contributed by atoms with Gasteiger partial charge in [-0.05, 0) is 34.5 Å². The molecule has 0 bridgehead atoms. The molecule has 1 aromatic carbocycles. The molecule has 0 aliphatic carbocycles. The molecule has 1 saturated heterocycles. The number of piperazine rings is 1. The molecule has 0 aromatic heterocycles. The first-order valence-electron chi connectivity index (χ1n) is 6.37. The molecule has 0 radical (unpaired) electrons. The van der Waals surface area contributed by atoms with Crippen molar-refractivity contribution in [2.75, 3.05) is 26.2 Å². The predicted molar refractivity (Wildman–Crippen MR) is 97.3 cm³/mol. The van der Waals surface area contributed by atoms with E-state index in [9.17, 15) is 5.11 Å². The zero-order valence-electron chi connectivity index (χ0n) is 11.5. The van der Waals surface area contributed by atoms with Gasteiger partial charge < -0.3 is 10.4 Å². The first-order valence-corrected chi connectivity index (χ1v) is 7.54. The van der Waals surface area contributed by atoms with E-state index < -0.39 is 0 Å². The Morgan fingerprint density at radius 3 is 2.57 bits per heavy atom. The number of phenols is 1. The summed E-state index contributed by atoms with van der Waals surface area (Å²) in [5.74, 6) is 0.234. The standard InChI is InChI=1S/C14H18BrClN2O.2ClH/c1-2-3-12(18-8-6-17-7-9-18)13-11(16)5-4-10(15)14(13)19;;/h2,4-5,12,17,19H,1,3,6-9H2;2*1H/t12-;;/m0../s1. The molecular formula is C14H20BrCl3N2O. The van der Waals surface area contributed by atoms with Crippen LogP contribution in [-0.4, -0.2) is 36.2 Å². The number of nitrogens with one attached hydrogen (secondary N) is 1. The smallest absolute Gasteiger partial charge is 0.136 e.